The van der Waals surface area contributed by atoms with Gasteiger partial charge in [0.15, 0.2) is 6.61 Å². The van der Waals surface area contributed by atoms with E-state index in [1.807, 2.05) is 25.1 Å². The molecule has 0 aliphatic carbocycles. The number of benzene rings is 2. The van der Waals surface area contributed by atoms with Gasteiger partial charge in [-0.1, -0.05) is 23.7 Å². The number of hydrogen-bond donors (Lipinski definition) is 1. The lowest BCUT2D eigenvalue weighted by molar-refractivity contribution is -0.134. The van der Waals surface area contributed by atoms with E-state index in [-0.39, 0.29) is 30.7 Å². The Labute approximate surface area is 207 Å². The quantitative estimate of drug-likeness (QED) is 0.538. The van der Waals surface area contributed by atoms with Gasteiger partial charge in [0, 0.05) is 18.0 Å². The largest absolute Gasteiger partial charge is 0.484 e. The second-order valence-electron chi connectivity index (χ2n) is 8.05. The maximum Gasteiger partial charge on any atom is 0.293 e. The number of rotatable bonds is 7. The molecule has 1 atom stereocenters. The number of aromatic nitrogens is 2. The third-order valence-electron chi connectivity index (χ3n) is 5.79. The van der Waals surface area contributed by atoms with Crippen LogP contribution in [0.4, 0.5) is 5.95 Å². The van der Waals surface area contributed by atoms with Crippen LogP contribution in [0, 0.1) is 11.3 Å². The average Bonchev–Trinajstić information content (AvgIpc) is 2.88. The average molecular weight is 494 g/mol. The molecule has 1 aromatic heterocycles. The normalized spacial score (nSPS) is 13.4. The van der Waals surface area contributed by atoms with Gasteiger partial charge in [0.05, 0.1) is 35.5 Å². The first-order valence-electron chi connectivity index (χ1n) is 11.0. The highest BCUT2D eigenvalue weighted by Crippen LogP contribution is 2.22. The summed E-state index contributed by atoms with van der Waals surface area (Å²) in [7, 11) is 1.39. The maximum absolute atomic E-state index is 13.2. The van der Waals surface area contributed by atoms with Crippen LogP contribution in [0.5, 0.6) is 5.75 Å². The lowest BCUT2D eigenvalue weighted by atomic mass is 10.1. The van der Waals surface area contributed by atoms with Gasteiger partial charge in [-0.2, -0.15) is 5.26 Å². The fraction of sp³-hybridized carbons (Fsp3) is 0.280. The first-order valence-corrected chi connectivity index (χ1v) is 11.4. The molecular weight excluding hydrogens is 470 g/mol. The summed E-state index contributed by atoms with van der Waals surface area (Å²) in [6.45, 7) is 2.31. The molecule has 0 saturated carbocycles. The van der Waals surface area contributed by atoms with E-state index in [2.05, 4.69) is 10.3 Å². The summed E-state index contributed by atoms with van der Waals surface area (Å²) in [6, 6.07) is 15.8. The van der Waals surface area contributed by atoms with Gasteiger partial charge in [-0.05, 0) is 48.9 Å². The molecule has 1 aliphatic rings. The minimum Gasteiger partial charge on any atom is -0.484 e. The van der Waals surface area contributed by atoms with Crippen molar-refractivity contribution < 1.29 is 14.4 Å². The van der Waals surface area contributed by atoms with E-state index in [9.17, 15) is 9.59 Å². The molecule has 0 bridgehead atoms. The molecule has 1 amide bonds. The first-order chi connectivity index (χ1) is 16.9. The topological polar surface area (TPSA) is 109 Å². The molecule has 4 rings (SSSR count). The molecule has 180 valence electrons. The Bertz CT molecular complexity index is 1320. The molecule has 10 heteroatoms. The lowest BCUT2D eigenvalue weighted by Gasteiger charge is -2.29. The highest BCUT2D eigenvalue weighted by molar-refractivity contribution is 6.30. The molecule has 2 aromatic carbocycles. The Balaban J connectivity index is 1.47. The Hall–Kier alpha value is -4.03. The molecule has 0 saturated heterocycles. The molecule has 9 nitrogen and oxygen atoms in total. The van der Waals surface area contributed by atoms with E-state index in [0.717, 1.165) is 10.3 Å². The van der Waals surface area contributed by atoms with E-state index in [1.165, 1.54) is 7.11 Å². The van der Waals surface area contributed by atoms with Gasteiger partial charge in [0.2, 0.25) is 5.95 Å². The predicted molar refractivity (Wildman–Crippen MR) is 130 cm³/mol. The van der Waals surface area contributed by atoms with Crippen molar-refractivity contribution in [1.82, 2.24) is 14.6 Å². The monoisotopic (exact) mass is 493 g/mol. The number of ether oxygens (including phenoxy) is 1. The number of amides is 1. The number of carbonyl (C=O) groups excluding carboxylic acids is 1. The second kappa shape index (κ2) is 10.5. The molecule has 0 fully saturated rings. The zero-order valence-corrected chi connectivity index (χ0v) is 20.1. The van der Waals surface area contributed by atoms with E-state index in [4.69, 9.17) is 26.4 Å². The molecular formula is C25H24ClN5O4. The third kappa shape index (κ3) is 5.39. The minimum absolute atomic E-state index is 0.118. The fourth-order valence-corrected chi connectivity index (χ4v) is 3.95. The molecule has 0 unspecified atom stereocenters. The highest BCUT2D eigenvalue weighted by Gasteiger charge is 2.27. The van der Waals surface area contributed by atoms with Crippen LogP contribution < -0.4 is 20.5 Å². The fourth-order valence-electron chi connectivity index (χ4n) is 3.82. The van der Waals surface area contributed by atoms with Crippen molar-refractivity contribution in [2.24, 2.45) is 0 Å². The summed E-state index contributed by atoms with van der Waals surface area (Å²) in [5.74, 6) is 0.535. The molecule has 0 radical (unpaired) electrons. The van der Waals surface area contributed by atoms with Crippen molar-refractivity contribution in [3.8, 4) is 11.8 Å². The second-order valence-corrected chi connectivity index (χ2v) is 8.49. The Kier molecular flexibility index (Phi) is 7.22. The number of carbonyl (C=O) groups is 1. The highest BCUT2D eigenvalue weighted by atomic mass is 35.5. The summed E-state index contributed by atoms with van der Waals surface area (Å²) < 4.78 is 6.66. The van der Waals surface area contributed by atoms with Crippen molar-refractivity contribution in [2.45, 2.75) is 25.9 Å². The van der Waals surface area contributed by atoms with E-state index in [1.54, 1.807) is 41.3 Å². The summed E-state index contributed by atoms with van der Waals surface area (Å²) in [5, 5.41) is 12.8. The van der Waals surface area contributed by atoms with E-state index >= 15 is 0 Å². The number of nitriles is 1. The van der Waals surface area contributed by atoms with E-state index in [0.29, 0.717) is 46.5 Å². The number of nitrogens with zero attached hydrogens (tertiary/aromatic N) is 4. The Morgan fingerprint density at radius 2 is 1.94 bits per heavy atom. The Morgan fingerprint density at radius 3 is 2.60 bits per heavy atom. The van der Waals surface area contributed by atoms with Crippen LogP contribution in [0.25, 0.3) is 0 Å². The molecule has 3 aromatic rings. The van der Waals surface area contributed by atoms with Crippen LogP contribution in [0.3, 0.4) is 0 Å². The zero-order chi connectivity index (χ0) is 24.9. The van der Waals surface area contributed by atoms with Gasteiger partial charge in [0.1, 0.15) is 12.9 Å². The summed E-state index contributed by atoms with van der Waals surface area (Å²) >= 11 is 5.98. The van der Waals surface area contributed by atoms with Crippen LogP contribution in [-0.4, -0.2) is 40.8 Å². The number of halogens is 1. The van der Waals surface area contributed by atoms with Crippen LogP contribution in [-0.2, 0) is 17.8 Å². The van der Waals surface area contributed by atoms with Crippen LogP contribution in [0.15, 0.2) is 53.3 Å². The van der Waals surface area contributed by atoms with Gasteiger partial charge < -0.3 is 19.8 Å². The van der Waals surface area contributed by atoms with Gasteiger partial charge in [-0.15, -0.1) is 4.73 Å². The van der Waals surface area contributed by atoms with Gasteiger partial charge >= 0.3 is 0 Å². The van der Waals surface area contributed by atoms with Gasteiger partial charge in [-0.3, -0.25) is 9.59 Å². The number of nitrogens with one attached hydrogen (secondary N) is 1. The first kappa shape index (κ1) is 24.1. The molecule has 1 N–H and O–H groups in total. The van der Waals surface area contributed by atoms with Crippen LogP contribution in [0.2, 0.25) is 5.02 Å². The minimum atomic E-state index is -0.367. The smallest absolute Gasteiger partial charge is 0.293 e. The predicted octanol–water partition coefficient (Wildman–Crippen LogP) is 2.96. The van der Waals surface area contributed by atoms with Crippen molar-refractivity contribution in [3.63, 3.8) is 0 Å². The van der Waals surface area contributed by atoms with Gasteiger partial charge in [-0.25, -0.2) is 4.98 Å². The third-order valence-corrected chi connectivity index (χ3v) is 6.04. The number of anilines is 1. The van der Waals surface area contributed by atoms with Crippen molar-refractivity contribution in [1.29, 1.82) is 5.26 Å². The van der Waals surface area contributed by atoms with Gasteiger partial charge in [0.25, 0.3) is 11.5 Å². The van der Waals surface area contributed by atoms with Crippen molar-refractivity contribution in [3.05, 3.63) is 86.3 Å². The lowest BCUT2D eigenvalue weighted by Crippen LogP contribution is -2.44. The molecule has 2 heterocycles. The molecule has 35 heavy (non-hydrogen) atoms. The number of fused-ring (bicyclic) bond motifs is 1. The molecule has 1 aliphatic heterocycles. The summed E-state index contributed by atoms with van der Waals surface area (Å²) in [4.78, 5) is 37.4. The maximum atomic E-state index is 13.2. The van der Waals surface area contributed by atoms with Crippen LogP contribution >= 0.6 is 11.6 Å². The number of hydrogen-bond acceptors (Lipinski definition) is 7. The SMILES string of the molecule is COn1c(N[C@@H](C)c2ccc(Cl)cc2)nc2c(c1=O)CN(C(=O)COc1ccc(C#N)cc1)CC2. The van der Waals surface area contributed by atoms with Crippen molar-refractivity contribution in [2.75, 3.05) is 25.6 Å². The summed E-state index contributed by atoms with van der Waals surface area (Å²) in [6.07, 6.45) is 0.432. The van der Waals surface area contributed by atoms with E-state index < -0.39 is 0 Å². The molecule has 0 spiro atoms. The zero-order valence-electron chi connectivity index (χ0n) is 19.3. The van der Waals surface area contributed by atoms with Crippen LogP contribution in [0.1, 0.15) is 35.3 Å². The standard InChI is InChI=1S/C25H24ClN5O4/c1-16(18-5-7-19(26)8-6-18)28-25-29-22-11-12-30(14-21(22)24(33)31(25)34-2)23(32)15-35-20-9-3-17(13-27)4-10-20/h3-10,16H,11-12,14-15H2,1-2H3,(H,28,29)/t16-/m0/s1. The summed E-state index contributed by atoms with van der Waals surface area (Å²) in [5.41, 5.74) is 2.16. The Morgan fingerprint density at radius 1 is 1.23 bits per heavy atom. The van der Waals surface area contributed by atoms with Crippen molar-refractivity contribution >= 4 is 23.5 Å².